The fraction of sp³-hybridized carbons (Fsp3) is 0.438. The smallest absolute Gasteiger partial charge is 0.272 e. The number of aromatic amines is 1. The monoisotopic (exact) mass is 300 g/mol. The molecule has 6 heteroatoms. The Labute approximate surface area is 129 Å². The van der Waals surface area contributed by atoms with Gasteiger partial charge in [0.1, 0.15) is 5.82 Å². The third kappa shape index (κ3) is 3.01. The number of H-pyrrole nitrogens is 1. The molecular formula is C16H20N4O2. The van der Waals surface area contributed by atoms with E-state index in [4.69, 9.17) is 0 Å². The van der Waals surface area contributed by atoms with Gasteiger partial charge in [-0.1, -0.05) is 12.1 Å². The van der Waals surface area contributed by atoms with Crippen LogP contribution in [0.25, 0.3) is 0 Å². The lowest BCUT2D eigenvalue weighted by molar-refractivity contribution is -0.385. The van der Waals surface area contributed by atoms with Crippen LogP contribution in [0.1, 0.15) is 35.7 Å². The van der Waals surface area contributed by atoms with Crippen LogP contribution < -0.4 is 0 Å². The lowest BCUT2D eigenvalue weighted by Gasteiger charge is -2.32. The Kier molecular flexibility index (Phi) is 4.20. The number of benzene rings is 1. The molecule has 1 aliphatic heterocycles. The van der Waals surface area contributed by atoms with Crippen molar-refractivity contribution in [1.29, 1.82) is 0 Å². The molecule has 2 heterocycles. The Morgan fingerprint density at radius 1 is 1.50 bits per heavy atom. The van der Waals surface area contributed by atoms with Gasteiger partial charge in [0.25, 0.3) is 5.69 Å². The molecule has 1 saturated heterocycles. The molecule has 6 nitrogen and oxygen atoms in total. The van der Waals surface area contributed by atoms with Gasteiger partial charge in [-0.05, 0) is 31.9 Å². The van der Waals surface area contributed by atoms with Gasteiger partial charge in [-0.15, -0.1) is 0 Å². The number of piperidine rings is 1. The lowest BCUT2D eigenvalue weighted by atomic mass is 9.96. The predicted molar refractivity (Wildman–Crippen MR) is 83.7 cm³/mol. The number of nitro groups is 1. The van der Waals surface area contributed by atoms with E-state index >= 15 is 0 Å². The number of aromatic nitrogens is 2. The first-order valence-corrected chi connectivity index (χ1v) is 7.59. The van der Waals surface area contributed by atoms with Gasteiger partial charge < -0.3 is 4.98 Å². The second kappa shape index (κ2) is 6.27. The lowest BCUT2D eigenvalue weighted by Crippen LogP contribution is -2.34. The zero-order valence-corrected chi connectivity index (χ0v) is 12.7. The molecule has 1 aromatic heterocycles. The van der Waals surface area contributed by atoms with Gasteiger partial charge >= 0.3 is 0 Å². The Morgan fingerprint density at radius 3 is 3.09 bits per heavy atom. The number of nitrogens with one attached hydrogen (secondary N) is 1. The number of hydrogen-bond donors (Lipinski definition) is 1. The summed E-state index contributed by atoms with van der Waals surface area (Å²) >= 11 is 0. The summed E-state index contributed by atoms with van der Waals surface area (Å²) < 4.78 is 0. The fourth-order valence-electron chi connectivity index (χ4n) is 3.20. The molecule has 1 N–H and O–H groups in total. The highest BCUT2D eigenvalue weighted by atomic mass is 16.6. The summed E-state index contributed by atoms with van der Waals surface area (Å²) in [5, 5.41) is 11.1. The molecule has 1 fully saturated rings. The maximum atomic E-state index is 11.1. The molecule has 1 aromatic carbocycles. The van der Waals surface area contributed by atoms with E-state index in [1.165, 1.54) is 0 Å². The SMILES string of the molecule is Cc1c(CN2CCCC(c3ncc[nH]3)C2)cccc1[N+](=O)[O-]. The zero-order chi connectivity index (χ0) is 15.5. The van der Waals surface area contributed by atoms with Gasteiger partial charge in [-0.2, -0.15) is 0 Å². The molecule has 1 aliphatic rings. The Balaban J connectivity index is 1.73. The molecule has 1 atom stereocenters. The van der Waals surface area contributed by atoms with Gasteiger partial charge in [-0.3, -0.25) is 15.0 Å². The predicted octanol–water partition coefficient (Wildman–Crippen LogP) is 3.01. The maximum absolute atomic E-state index is 11.1. The Hall–Kier alpha value is -2.21. The number of rotatable bonds is 4. The molecular weight excluding hydrogens is 280 g/mol. The minimum atomic E-state index is -0.305. The molecule has 22 heavy (non-hydrogen) atoms. The van der Waals surface area contributed by atoms with Crippen molar-refractivity contribution < 1.29 is 4.92 Å². The highest BCUT2D eigenvalue weighted by Gasteiger charge is 2.24. The highest BCUT2D eigenvalue weighted by Crippen LogP contribution is 2.27. The van der Waals surface area contributed by atoms with Crippen molar-refractivity contribution in [3.8, 4) is 0 Å². The van der Waals surface area contributed by atoms with Crippen LogP contribution in [0.3, 0.4) is 0 Å². The van der Waals surface area contributed by atoms with Crippen molar-refractivity contribution in [3.63, 3.8) is 0 Å². The van der Waals surface area contributed by atoms with Gasteiger partial charge in [0.05, 0.1) is 4.92 Å². The van der Waals surface area contributed by atoms with E-state index < -0.39 is 0 Å². The summed E-state index contributed by atoms with van der Waals surface area (Å²) in [6.07, 6.45) is 5.91. The quantitative estimate of drug-likeness (QED) is 0.695. The van der Waals surface area contributed by atoms with E-state index in [0.29, 0.717) is 5.92 Å². The van der Waals surface area contributed by atoms with Crippen molar-refractivity contribution in [2.75, 3.05) is 13.1 Å². The van der Waals surface area contributed by atoms with Crippen LogP contribution in [0.2, 0.25) is 0 Å². The second-order valence-electron chi connectivity index (χ2n) is 5.87. The summed E-state index contributed by atoms with van der Waals surface area (Å²) in [5.41, 5.74) is 2.01. The summed E-state index contributed by atoms with van der Waals surface area (Å²) in [7, 11) is 0. The minimum Gasteiger partial charge on any atom is -0.348 e. The number of nitro benzene ring substituents is 1. The first kappa shape index (κ1) is 14.7. The molecule has 0 spiro atoms. The molecule has 116 valence electrons. The van der Waals surface area contributed by atoms with E-state index in [1.54, 1.807) is 18.3 Å². The summed E-state index contributed by atoms with van der Waals surface area (Å²) in [4.78, 5) is 20.7. The van der Waals surface area contributed by atoms with Crippen LogP contribution in [0.5, 0.6) is 0 Å². The summed E-state index contributed by atoms with van der Waals surface area (Å²) in [6.45, 7) is 4.56. The zero-order valence-electron chi connectivity index (χ0n) is 12.7. The van der Waals surface area contributed by atoms with E-state index in [0.717, 1.165) is 49.4 Å². The van der Waals surface area contributed by atoms with E-state index in [2.05, 4.69) is 14.9 Å². The third-order valence-corrected chi connectivity index (χ3v) is 4.42. The van der Waals surface area contributed by atoms with Gasteiger partial charge in [0, 0.05) is 43.0 Å². The number of likely N-dealkylation sites (tertiary alicyclic amines) is 1. The fourth-order valence-corrected chi connectivity index (χ4v) is 3.20. The van der Waals surface area contributed by atoms with Crippen LogP contribution in [0.15, 0.2) is 30.6 Å². The number of nitrogens with zero attached hydrogens (tertiary/aromatic N) is 3. The first-order chi connectivity index (χ1) is 10.6. The van der Waals surface area contributed by atoms with Crippen LogP contribution in [0, 0.1) is 17.0 Å². The van der Waals surface area contributed by atoms with Gasteiger partial charge in [0.2, 0.25) is 0 Å². The number of hydrogen-bond acceptors (Lipinski definition) is 4. The molecule has 3 rings (SSSR count). The number of imidazole rings is 1. The van der Waals surface area contributed by atoms with Crippen LogP contribution in [-0.2, 0) is 6.54 Å². The van der Waals surface area contributed by atoms with Gasteiger partial charge in [0.15, 0.2) is 0 Å². The average Bonchev–Trinajstić information content (AvgIpc) is 3.04. The third-order valence-electron chi connectivity index (χ3n) is 4.42. The topological polar surface area (TPSA) is 75.1 Å². The van der Waals surface area contributed by atoms with Crippen LogP contribution in [0.4, 0.5) is 5.69 Å². The molecule has 1 unspecified atom stereocenters. The molecule has 0 aliphatic carbocycles. The molecule has 0 amide bonds. The Morgan fingerprint density at radius 2 is 2.36 bits per heavy atom. The largest absolute Gasteiger partial charge is 0.348 e. The van der Waals surface area contributed by atoms with E-state index in [9.17, 15) is 10.1 Å². The van der Waals surface area contributed by atoms with E-state index in [-0.39, 0.29) is 10.6 Å². The molecule has 0 saturated carbocycles. The van der Waals surface area contributed by atoms with Crippen molar-refractivity contribution in [2.24, 2.45) is 0 Å². The van der Waals surface area contributed by atoms with Crippen molar-refractivity contribution in [1.82, 2.24) is 14.9 Å². The van der Waals surface area contributed by atoms with Crippen LogP contribution in [-0.4, -0.2) is 32.9 Å². The van der Waals surface area contributed by atoms with Crippen molar-refractivity contribution >= 4 is 5.69 Å². The van der Waals surface area contributed by atoms with Crippen LogP contribution >= 0.6 is 0 Å². The first-order valence-electron chi connectivity index (χ1n) is 7.59. The molecule has 0 radical (unpaired) electrons. The average molecular weight is 300 g/mol. The second-order valence-corrected chi connectivity index (χ2v) is 5.87. The van der Waals surface area contributed by atoms with Gasteiger partial charge in [-0.25, -0.2) is 4.98 Å². The normalized spacial score (nSPS) is 19.2. The maximum Gasteiger partial charge on any atom is 0.272 e. The molecule has 0 bridgehead atoms. The summed E-state index contributed by atoms with van der Waals surface area (Å²) in [6, 6.07) is 5.33. The van der Waals surface area contributed by atoms with Crippen molar-refractivity contribution in [2.45, 2.75) is 32.2 Å². The molecule has 2 aromatic rings. The van der Waals surface area contributed by atoms with E-state index in [1.807, 2.05) is 19.2 Å². The minimum absolute atomic E-state index is 0.206. The summed E-state index contributed by atoms with van der Waals surface area (Å²) in [5.74, 6) is 1.46. The highest BCUT2D eigenvalue weighted by molar-refractivity contribution is 5.44. The standard InChI is InChI=1S/C16H20N4O2/c1-12-13(4-2-6-15(12)20(21)22)10-19-9-3-5-14(11-19)16-17-7-8-18-16/h2,4,6-8,14H,3,5,9-11H2,1H3,(H,17,18). The Bertz CT molecular complexity index is 654. The van der Waals surface area contributed by atoms with Crippen molar-refractivity contribution in [3.05, 3.63) is 57.7 Å².